The first-order chi connectivity index (χ1) is 20.8. The van der Waals surface area contributed by atoms with E-state index >= 15 is 8.78 Å². The van der Waals surface area contributed by atoms with Gasteiger partial charge in [0.05, 0.1) is 24.9 Å². The second-order valence-corrected chi connectivity index (χ2v) is 11.1. The number of aromatic nitrogens is 1. The van der Waals surface area contributed by atoms with E-state index in [-0.39, 0.29) is 23.9 Å². The molecule has 2 N–H and O–H groups in total. The standard InChI is InChI=1S/C34H40F2N6O/c1-6-43-27-18-31(35)30(32(36)19-27)21-42-33-10-8-7-9-28(33)34(41(42)5)24(4)39-20-29(25-11-14-37-15-12-25)23(3)40-26-13-16-38-22(2)17-26/h7-10,13,16-20,25,34,37H,3,6,11-12,14-15,21H2,1-2,4-5H3,(H,38,40)/b29-20+,39-24?. The molecule has 1 unspecified atom stereocenters. The van der Waals surface area contributed by atoms with Crippen molar-refractivity contribution in [3.63, 3.8) is 0 Å². The van der Waals surface area contributed by atoms with Crippen molar-refractivity contribution in [2.45, 2.75) is 46.2 Å². The monoisotopic (exact) mass is 586 g/mol. The highest BCUT2D eigenvalue weighted by Crippen LogP contribution is 2.41. The molecule has 7 nitrogen and oxygen atoms in total. The molecule has 2 aromatic carbocycles. The Morgan fingerprint density at radius 3 is 2.58 bits per heavy atom. The topological polar surface area (TPSA) is 65.0 Å². The first-order valence-corrected chi connectivity index (χ1v) is 14.8. The van der Waals surface area contributed by atoms with Crippen LogP contribution in [0.25, 0.3) is 0 Å². The number of nitrogens with zero attached hydrogens (tertiary/aromatic N) is 4. The molecule has 5 rings (SSSR count). The van der Waals surface area contributed by atoms with Crippen molar-refractivity contribution in [1.82, 2.24) is 15.3 Å². The summed E-state index contributed by atoms with van der Waals surface area (Å²) in [5.74, 6) is -0.763. The number of allylic oxidation sites excluding steroid dienone is 1. The highest BCUT2D eigenvalue weighted by Gasteiger charge is 2.36. The zero-order chi connectivity index (χ0) is 30.5. The van der Waals surface area contributed by atoms with Crippen molar-refractivity contribution in [3.05, 3.63) is 107 Å². The SMILES string of the molecule is C=C(Nc1ccnc(C)c1)/C(=C\N=C(C)C1c2ccccc2N(Cc2c(F)cc(OCC)cc2F)N1C)C1CCNCC1. The number of hydrazine groups is 1. The van der Waals surface area contributed by atoms with Gasteiger partial charge in [-0.3, -0.25) is 9.98 Å². The fourth-order valence-electron chi connectivity index (χ4n) is 5.96. The average Bonchev–Trinajstić information content (AvgIpc) is 3.26. The van der Waals surface area contributed by atoms with Crippen LogP contribution >= 0.6 is 0 Å². The first kappa shape index (κ1) is 30.4. The van der Waals surface area contributed by atoms with Crippen molar-refractivity contribution >= 4 is 17.1 Å². The van der Waals surface area contributed by atoms with Crippen LogP contribution in [0.4, 0.5) is 20.2 Å². The molecule has 3 heterocycles. The van der Waals surface area contributed by atoms with E-state index in [1.54, 1.807) is 13.1 Å². The normalized spacial score (nSPS) is 18.1. The Morgan fingerprint density at radius 2 is 1.88 bits per heavy atom. The largest absolute Gasteiger partial charge is 0.494 e. The number of benzene rings is 2. The molecule has 43 heavy (non-hydrogen) atoms. The van der Waals surface area contributed by atoms with Crippen molar-refractivity contribution in [2.75, 3.05) is 37.1 Å². The smallest absolute Gasteiger partial charge is 0.134 e. The molecule has 0 radical (unpaired) electrons. The van der Waals surface area contributed by atoms with Crippen LogP contribution in [0.15, 0.2) is 83.8 Å². The lowest BCUT2D eigenvalue weighted by Crippen LogP contribution is -2.38. The van der Waals surface area contributed by atoms with Gasteiger partial charge < -0.3 is 20.4 Å². The molecule has 0 bridgehead atoms. The summed E-state index contributed by atoms with van der Waals surface area (Å²) in [5, 5.41) is 10.8. The summed E-state index contributed by atoms with van der Waals surface area (Å²) in [6, 6.07) is 14.1. The number of piperidine rings is 1. The highest BCUT2D eigenvalue weighted by atomic mass is 19.1. The van der Waals surface area contributed by atoms with E-state index in [2.05, 4.69) is 22.2 Å². The van der Waals surface area contributed by atoms with E-state index in [1.807, 2.05) is 73.5 Å². The number of nitrogens with one attached hydrogen (secondary N) is 2. The first-order valence-electron chi connectivity index (χ1n) is 14.8. The molecule has 0 spiro atoms. The molecule has 2 aliphatic heterocycles. The molecule has 1 atom stereocenters. The number of hydrogen-bond donors (Lipinski definition) is 2. The quantitative estimate of drug-likeness (QED) is 0.198. The van der Waals surface area contributed by atoms with Gasteiger partial charge in [0, 0.05) is 65.5 Å². The Bertz CT molecular complexity index is 1510. The van der Waals surface area contributed by atoms with Crippen LogP contribution in [0.3, 0.4) is 0 Å². The van der Waals surface area contributed by atoms with Crippen LogP contribution in [-0.4, -0.2) is 42.4 Å². The summed E-state index contributed by atoms with van der Waals surface area (Å²) < 4.78 is 35.5. The second kappa shape index (κ2) is 13.5. The van der Waals surface area contributed by atoms with E-state index in [9.17, 15) is 0 Å². The van der Waals surface area contributed by atoms with Gasteiger partial charge in [0.25, 0.3) is 0 Å². The minimum Gasteiger partial charge on any atom is -0.494 e. The van der Waals surface area contributed by atoms with Crippen molar-refractivity contribution in [2.24, 2.45) is 10.9 Å². The maximum atomic E-state index is 15.1. The predicted molar refractivity (Wildman–Crippen MR) is 169 cm³/mol. The van der Waals surface area contributed by atoms with Crippen LogP contribution in [0.5, 0.6) is 5.75 Å². The number of pyridine rings is 1. The molecular formula is C34H40F2N6O. The van der Waals surface area contributed by atoms with E-state index < -0.39 is 11.6 Å². The Hall–Kier alpha value is -4.08. The van der Waals surface area contributed by atoms with Crippen LogP contribution in [0, 0.1) is 24.5 Å². The minimum atomic E-state index is -0.631. The maximum Gasteiger partial charge on any atom is 0.134 e. The summed E-state index contributed by atoms with van der Waals surface area (Å²) in [4.78, 5) is 9.30. The zero-order valence-corrected chi connectivity index (χ0v) is 25.3. The second-order valence-electron chi connectivity index (χ2n) is 11.1. The van der Waals surface area contributed by atoms with Crippen LogP contribution < -0.4 is 20.4 Å². The van der Waals surface area contributed by atoms with E-state index in [4.69, 9.17) is 9.73 Å². The Labute approximate surface area is 253 Å². The number of aryl methyl sites for hydroxylation is 1. The van der Waals surface area contributed by atoms with Gasteiger partial charge in [-0.05, 0) is 76.4 Å². The third kappa shape index (κ3) is 6.78. The lowest BCUT2D eigenvalue weighted by Gasteiger charge is -2.31. The fourth-order valence-corrected chi connectivity index (χ4v) is 5.96. The van der Waals surface area contributed by atoms with Gasteiger partial charge in [0.15, 0.2) is 0 Å². The molecule has 226 valence electrons. The zero-order valence-electron chi connectivity index (χ0n) is 25.3. The number of rotatable bonds is 10. The molecule has 2 aliphatic rings. The lowest BCUT2D eigenvalue weighted by atomic mass is 9.88. The molecule has 0 aliphatic carbocycles. The van der Waals surface area contributed by atoms with Crippen molar-refractivity contribution in [3.8, 4) is 5.75 Å². The van der Waals surface area contributed by atoms with Gasteiger partial charge in [0.1, 0.15) is 17.4 Å². The minimum absolute atomic E-state index is 0.0119. The van der Waals surface area contributed by atoms with E-state index in [1.165, 1.54) is 12.1 Å². The highest BCUT2D eigenvalue weighted by molar-refractivity contribution is 5.92. The summed E-state index contributed by atoms with van der Waals surface area (Å²) in [7, 11) is 1.93. The number of hydrogen-bond acceptors (Lipinski definition) is 7. The third-order valence-corrected chi connectivity index (χ3v) is 8.12. The molecule has 9 heteroatoms. The number of ether oxygens (including phenoxy) is 1. The Balaban J connectivity index is 1.44. The molecule has 0 amide bonds. The number of fused-ring (bicyclic) bond motifs is 1. The molecule has 1 saturated heterocycles. The molecule has 1 aromatic heterocycles. The molecular weight excluding hydrogens is 546 g/mol. The number of anilines is 2. The van der Waals surface area contributed by atoms with Crippen LogP contribution in [-0.2, 0) is 6.54 Å². The van der Waals surface area contributed by atoms with E-state index in [0.717, 1.165) is 65.5 Å². The van der Waals surface area contributed by atoms with Gasteiger partial charge in [-0.25, -0.2) is 13.8 Å². The van der Waals surface area contributed by atoms with Gasteiger partial charge in [-0.1, -0.05) is 24.8 Å². The van der Waals surface area contributed by atoms with Gasteiger partial charge >= 0.3 is 0 Å². The van der Waals surface area contributed by atoms with Crippen LogP contribution in [0.1, 0.15) is 49.6 Å². The van der Waals surface area contributed by atoms with E-state index in [0.29, 0.717) is 12.5 Å². The van der Waals surface area contributed by atoms with Gasteiger partial charge in [-0.2, -0.15) is 0 Å². The van der Waals surface area contributed by atoms with Gasteiger partial charge in [-0.15, -0.1) is 0 Å². The maximum absolute atomic E-state index is 15.1. The predicted octanol–water partition coefficient (Wildman–Crippen LogP) is 6.95. The number of para-hydroxylation sites is 1. The molecule has 1 fully saturated rings. The molecule has 0 saturated carbocycles. The number of aliphatic imine (C=N–C) groups is 1. The van der Waals surface area contributed by atoms with Crippen molar-refractivity contribution < 1.29 is 13.5 Å². The summed E-state index contributed by atoms with van der Waals surface area (Å²) in [6.07, 6.45) is 5.72. The number of halogens is 2. The van der Waals surface area contributed by atoms with Crippen LogP contribution in [0.2, 0.25) is 0 Å². The van der Waals surface area contributed by atoms with Gasteiger partial charge in [0.2, 0.25) is 0 Å². The summed E-state index contributed by atoms with van der Waals surface area (Å²) in [6.45, 7) is 12.4. The lowest BCUT2D eigenvalue weighted by molar-refractivity contribution is 0.292. The Morgan fingerprint density at radius 1 is 1.16 bits per heavy atom. The average molecular weight is 587 g/mol. The summed E-state index contributed by atoms with van der Waals surface area (Å²) in [5.41, 5.74) is 6.52. The van der Waals surface area contributed by atoms with Crippen molar-refractivity contribution in [1.29, 1.82) is 0 Å². The fraction of sp³-hybridized carbons (Fsp3) is 0.353. The third-order valence-electron chi connectivity index (χ3n) is 8.12. The Kier molecular flexibility index (Phi) is 9.52. The summed E-state index contributed by atoms with van der Waals surface area (Å²) >= 11 is 0. The molecule has 3 aromatic rings.